The van der Waals surface area contributed by atoms with Crippen molar-refractivity contribution >= 4 is 11.9 Å². The molecule has 4 heteroatoms. The van der Waals surface area contributed by atoms with E-state index in [9.17, 15) is 9.59 Å². The third-order valence-electron chi connectivity index (χ3n) is 3.67. The highest BCUT2D eigenvalue weighted by molar-refractivity contribution is 5.90. The van der Waals surface area contributed by atoms with Crippen LogP contribution < -0.4 is 0 Å². The van der Waals surface area contributed by atoms with Crippen LogP contribution in [0.15, 0.2) is 23.3 Å². The molecule has 0 aromatic heterocycles. The normalized spacial score (nSPS) is 22.6. The zero-order valence-electron chi connectivity index (χ0n) is 11.9. The van der Waals surface area contributed by atoms with Gasteiger partial charge in [-0.25, -0.2) is 9.59 Å². The second kappa shape index (κ2) is 7.88. The number of cyclic esters (lactones) is 2. The van der Waals surface area contributed by atoms with Crippen molar-refractivity contribution in [2.75, 3.05) is 13.2 Å². The molecule has 0 unspecified atom stereocenters. The van der Waals surface area contributed by atoms with Crippen LogP contribution in [0, 0.1) is 0 Å². The first-order valence-electron chi connectivity index (χ1n) is 7.49. The molecule has 2 aliphatic rings. The van der Waals surface area contributed by atoms with Gasteiger partial charge in [0.1, 0.15) is 0 Å². The Kier molecular flexibility index (Phi) is 5.84. The molecule has 0 aromatic rings. The number of rotatable bonds is 7. The Labute approximate surface area is 119 Å². The summed E-state index contributed by atoms with van der Waals surface area (Å²) in [6.07, 6.45) is 12.0. The average Bonchev–Trinajstić information content (AvgIpc) is 3.02. The van der Waals surface area contributed by atoms with E-state index in [0.29, 0.717) is 13.2 Å². The summed E-state index contributed by atoms with van der Waals surface area (Å²) in [6.45, 7) is 1.09. The monoisotopic (exact) mass is 278 g/mol. The first-order chi connectivity index (χ1) is 9.77. The molecule has 0 N–H and O–H groups in total. The van der Waals surface area contributed by atoms with Gasteiger partial charge in [-0.05, 0) is 25.7 Å². The van der Waals surface area contributed by atoms with Gasteiger partial charge in [-0.3, -0.25) is 0 Å². The molecule has 2 aliphatic heterocycles. The first-order valence-corrected chi connectivity index (χ1v) is 7.49. The minimum absolute atomic E-state index is 0.139. The number of ether oxygens (including phenoxy) is 2. The summed E-state index contributed by atoms with van der Waals surface area (Å²) >= 11 is 0. The topological polar surface area (TPSA) is 52.6 Å². The lowest BCUT2D eigenvalue weighted by Crippen LogP contribution is -1.94. The second-order valence-corrected chi connectivity index (χ2v) is 5.22. The highest BCUT2D eigenvalue weighted by Crippen LogP contribution is 2.17. The summed E-state index contributed by atoms with van der Waals surface area (Å²) in [5.41, 5.74) is 1.68. The van der Waals surface area contributed by atoms with Crippen molar-refractivity contribution < 1.29 is 19.1 Å². The lowest BCUT2D eigenvalue weighted by atomic mass is 10.1. The zero-order chi connectivity index (χ0) is 14.2. The molecule has 0 aliphatic carbocycles. The number of unbranched alkanes of at least 4 members (excludes halogenated alkanes) is 5. The van der Waals surface area contributed by atoms with Crippen molar-refractivity contribution in [2.45, 2.75) is 51.4 Å². The molecule has 2 rings (SSSR count). The summed E-state index contributed by atoms with van der Waals surface area (Å²) in [6, 6.07) is 0. The molecular formula is C16H22O4. The Morgan fingerprint density at radius 1 is 0.750 bits per heavy atom. The Hall–Kier alpha value is -1.58. The second-order valence-electron chi connectivity index (χ2n) is 5.22. The van der Waals surface area contributed by atoms with E-state index in [1.807, 2.05) is 12.2 Å². The molecule has 0 amide bonds. The van der Waals surface area contributed by atoms with E-state index in [0.717, 1.165) is 62.5 Å². The smallest absolute Gasteiger partial charge is 0.333 e. The summed E-state index contributed by atoms with van der Waals surface area (Å²) < 4.78 is 9.76. The van der Waals surface area contributed by atoms with Crippen molar-refractivity contribution in [1.29, 1.82) is 0 Å². The number of allylic oxidation sites excluding steroid dienone is 2. The largest absolute Gasteiger partial charge is 0.462 e. The zero-order valence-corrected chi connectivity index (χ0v) is 11.9. The van der Waals surface area contributed by atoms with Crippen molar-refractivity contribution in [1.82, 2.24) is 0 Å². The van der Waals surface area contributed by atoms with Gasteiger partial charge in [0.05, 0.1) is 13.2 Å². The maximum absolute atomic E-state index is 11.2. The third kappa shape index (κ3) is 4.51. The summed E-state index contributed by atoms with van der Waals surface area (Å²) in [5, 5.41) is 0. The molecule has 0 aromatic carbocycles. The SMILES string of the molecule is O=C1OCCC1=CCCCCCCC=C1CCOC1=O. The molecule has 0 atom stereocenters. The number of carbonyl (C=O) groups excluding carboxylic acids is 2. The fraction of sp³-hybridized carbons (Fsp3) is 0.625. The molecule has 2 fully saturated rings. The van der Waals surface area contributed by atoms with Crippen LogP contribution in [-0.4, -0.2) is 25.2 Å². The van der Waals surface area contributed by atoms with Crippen molar-refractivity contribution in [3.8, 4) is 0 Å². The first kappa shape index (κ1) is 14.8. The van der Waals surface area contributed by atoms with Gasteiger partial charge >= 0.3 is 11.9 Å². The van der Waals surface area contributed by atoms with E-state index in [-0.39, 0.29) is 11.9 Å². The molecule has 2 saturated heterocycles. The highest BCUT2D eigenvalue weighted by Gasteiger charge is 2.18. The number of hydrogen-bond acceptors (Lipinski definition) is 4. The maximum Gasteiger partial charge on any atom is 0.333 e. The Morgan fingerprint density at radius 2 is 1.20 bits per heavy atom. The molecule has 110 valence electrons. The molecule has 0 bridgehead atoms. The molecule has 0 saturated carbocycles. The maximum atomic E-state index is 11.2. The van der Waals surface area contributed by atoms with Gasteiger partial charge in [0.25, 0.3) is 0 Å². The van der Waals surface area contributed by atoms with Gasteiger partial charge < -0.3 is 9.47 Å². The quantitative estimate of drug-likeness (QED) is 0.408. The molecule has 0 spiro atoms. The van der Waals surface area contributed by atoms with Crippen molar-refractivity contribution in [2.24, 2.45) is 0 Å². The fourth-order valence-corrected chi connectivity index (χ4v) is 2.46. The molecule has 0 radical (unpaired) electrons. The minimum atomic E-state index is -0.139. The lowest BCUT2D eigenvalue weighted by molar-refractivity contribution is -0.135. The van der Waals surface area contributed by atoms with Crippen LogP contribution in [0.1, 0.15) is 51.4 Å². The van der Waals surface area contributed by atoms with Crippen LogP contribution in [0.4, 0.5) is 0 Å². The molecule has 2 heterocycles. The van der Waals surface area contributed by atoms with Crippen LogP contribution in [0.3, 0.4) is 0 Å². The predicted octanol–water partition coefficient (Wildman–Crippen LogP) is 3.07. The van der Waals surface area contributed by atoms with Gasteiger partial charge in [-0.15, -0.1) is 0 Å². The van der Waals surface area contributed by atoms with Gasteiger partial charge in [0, 0.05) is 24.0 Å². The van der Waals surface area contributed by atoms with Crippen LogP contribution in [-0.2, 0) is 19.1 Å². The van der Waals surface area contributed by atoms with E-state index < -0.39 is 0 Å². The van der Waals surface area contributed by atoms with Gasteiger partial charge in [0.2, 0.25) is 0 Å². The summed E-state index contributed by atoms with van der Waals surface area (Å²) in [4.78, 5) is 22.4. The van der Waals surface area contributed by atoms with Crippen molar-refractivity contribution in [3.05, 3.63) is 23.3 Å². The van der Waals surface area contributed by atoms with E-state index in [1.54, 1.807) is 0 Å². The number of carbonyl (C=O) groups is 2. The van der Waals surface area contributed by atoms with Crippen LogP contribution >= 0.6 is 0 Å². The van der Waals surface area contributed by atoms with Crippen molar-refractivity contribution in [3.63, 3.8) is 0 Å². The summed E-state index contributed by atoms with van der Waals surface area (Å²) in [5.74, 6) is -0.278. The van der Waals surface area contributed by atoms with E-state index in [2.05, 4.69) is 0 Å². The van der Waals surface area contributed by atoms with E-state index in [1.165, 1.54) is 0 Å². The van der Waals surface area contributed by atoms with Crippen LogP contribution in [0.25, 0.3) is 0 Å². The third-order valence-corrected chi connectivity index (χ3v) is 3.67. The Morgan fingerprint density at radius 3 is 1.55 bits per heavy atom. The molecule has 4 nitrogen and oxygen atoms in total. The summed E-state index contributed by atoms with van der Waals surface area (Å²) in [7, 11) is 0. The minimum Gasteiger partial charge on any atom is -0.462 e. The van der Waals surface area contributed by atoms with Gasteiger partial charge in [-0.2, -0.15) is 0 Å². The van der Waals surface area contributed by atoms with Crippen LogP contribution in [0.5, 0.6) is 0 Å². The highest BCUT2D eigenvalue weighted by atomic mass is 16.5. The fourth-order valence-electron chi connectivity index (χ4n) is 2.46. The number of esters is 2. The van der Waals surface area contributed by atoms with Gasteiger partial charge in [-0.1, -0.05) is 25.0 Å². The average molecular weight is 278 g/mol. The Balaban J connectivity index is 1.50. The van der Waals surface area contributed by atoms with E-state index in [4.69, 9.17) is 9.47 Å². The standard InChI is InChI=1S/C16H22O4/c17-15-13(9-11-19-15)7-5-3-1-2-4-6-8-14-10-12-20-16(14)18/h7-8H,1-6,9-12H2. The molecular weight excluding hydrogens is 256 g/mol. The Bertz CT molecular complexity index is 380. The lowest BCUT2D eigenvalue weighted by Gasteiger charge is -1.98. The van der Waals surface area contributed by atoms with Crippen LogP contribution in [0.2, 0.25) is 0 Å². The number of hydrogen-bond donors (Lipinski definition) is 0. The predicted molar refractivity (Wildman–Crippen MR) is 75.0 cm³/mol. The van der Waals surface area contributed by atoms with Gasteiger partial charge in [0.15, 0.2) is 0 Å². The van der Waals surface area contributed by atoms with E-state index >= 15 is 0 Å². The molecule has 20 heavy (non-hydrogen) atoms.